The molecule has 0 heterocycles. The Labute approximate surface area is 122 Å². The van der Waals surface area contributed by atoms with Gasteiger partial charge in [0, 0.05) is 10.6 Å². The lowest BCUT2D eigenvalue weighted by atomic mass is 10.1. The van der Waals surface area contributed by atoms with Crippen LogP contribution in [0.3, 0.4) is 0 Å². The van der Waals surface area contributed by atoms with Crippen LogP contribution in [0.4, 0.5) is 4.39 Å². The molecule has 0 saturated carbocycles. The Bertz CT molecular complexity index is 526. The van der Waals surface area contributed by atoms with E-state index in [1.165, 1.54) is 13.0 Å². The van der Waals surface area contributed by atoms with Gasteiger partial charge in [-0.2, -0.15) is 0 Å². The molecule has 20 heavy (non-hydrogen) atoms. The van der Waals surface area contributed by atoms with Crippen molar-refractivity contribution in [3.8, 4) is 0 Å². The van der Waals surface area contributed by atoms with Gasteiger partial charge in [0.25, 0.3) is 5.91 Å². The quantitative estimate of drug-likeness (QED) is 0.873. The van der Waals surface area contributed by atoms with Crippen LogP contribution in [0.2, 0.25) is 5.02 Å². The van der Waals surface area contributed by atoms with Gasteiger partial charge in [-0.15, -0.1) is 0 Å². The van der Waals surface area contributed by atoms with Crippen molar-refractivity contribution < 1.29 is 18.7 Å². The summed E-state index contributed by atoms with van der Waals surface area (Å²) < 4.78 is 18.4. The molecule has 1 atom stereocenters. The molecule has 1 rings (SSSR count). The predicted molar refractivity (Wildman–Crippen MR) is 74.2 cm³/mol. The molecule has 1 unspecified atom stereocenters. The Morgan fingerprint density at radius 1 is 1.35 bits per heavy atom. The maximum atomic E-state index is 13.5. The van der Waals surface area contributed by atoms with Crippen molar-refractivity contribution >= 4 is 23.5 Å². The standard InChI is InChI=1S/C14H17ClFNO3/c1-8(12(18)17-14(2,3)4)20-13(19)10-7-9(15)5-6-11(10)16/h5-8H,1-4H3,(H,17,18). The van der Waals surface area contributed by atoms with E-state index in [4.69, 9.17) is 16.3 Å². The first kappa shape index (κ1) is 16.4. The molecule has 1 aromatic carbocycles. The average molecular weight is 302 g/mol. The monoisotopic (exact) mass is 301 g/mol. The third-order valence-electron chi connectivity index (χ3n) is 2.30. The number of ether oxygens (including phenoxy) is 1. The van der Waals surface area contributed by atoms with Crippen LogP contribution >= 0.6 is 11.6 Å². The van der Waals surface area contributed by atoms with Gasteiger partial charge in [0.1, 0.15) is 5.82 Å². The van der Waals surface area contributed by atoms with Gasteiger partial charge in [-0.05, 0) is 45.9 Å². The summed E-state index contributed by atoms with van der Waals surface area (Å²) in [5, 5.41) is 2.88. The molecule has 0 aliphatic carbocycles. The van der Waals surface area contributed by atoms with E-state index in [1.54, 1.807) is 20.8 Å². The molecule has 4 nitrogen and oxygen atoms in total. The van der Waals surface area contributed by atoms with E-state index in [2.05, 4.69) is 5.32 Å². The maximum absolute atomic E-state index is 13.5. The summed E-state index contributed by atoms with van der Waals surface area (Å²) in [7, 11) is 0. The number of carbonyl (C=O) groups excluding carboxylic acids is 2. The number of carbonyl (C=O) groups is 2. The second-order valence-corrected chi connectivity index (χ2v) is 5.85. The minimum Gasteiger partial charge on any atom is -0.449 e. The number of rotatable bonds is 3. The van der Waals surface area contributed by atoms with E-state index in [1.807, 2.05) is 0 Å². The minimum atomic E-state index is -1.03. The molecule has 0 spiro atoms. The fraction of sp³-hybridized carbons (Fsp3) is 0.429. The molecule has 0 saturated heterocycles. The van der Waals surface area contributed by atoms with Crippen molar-refractivity contribution in [3.63, 3.8) is 0 Å². The summed E-state index contributed by atoms with van der Waals surface area (Å²) in [5.41, 5.74) is -0.744. The van der Waals surface area contributed by atoms with Gasteiger partial charge in [0.2, 0.25) is 0 Å². The molecule has 0 aliphatic rings. The number of esters is 1. The molecule has 0 aliphatic heterocycles. The molecule has 1 aromatic rings. The summed E-state index contributed by atoms with van der Waals surface area (Å²) in [4.78, 5) is 23.6. The number of hydrogen-bond donors (Lipinski definition) is 1. The maximum Gasteiger partial charge on any atom is 0.341 e. The average Bonchev–Trinajstić information content (AvgIpc) is 2.29. The molecule has 0 radical (unpaired) electrons. The van der Waals surface area contributed by atoms with Crippen LogP contribution in [-0.2, 0) is 9.53 Å². The summed E-state index contributed by atoms with van der Waals surface area (Å²) in [6.45, 7) is 6.82. The number of amides is 1. The molecule has 110 valence electrons. The summed E-state index contributed by atoms with van der Waals surface area (Å²) in [5.74, 6) is -2.13. The smallest absolute Gasteiger partial charge is 0.341 e. The summed E-state index contributed by atoms with van der Waals surface area (Å²) in [6.07, 6.45) is -1.03. The van der Waals surface area contributed by atoms with E-state index >= 15 is 0 Å². The fourth-order valence-corrected chi connectivity index (χ4v) is 1.57. The molecule has 0 aromatic heterocycles. The highest BCUT2D eigenvalue weighted by molar-refractivity contribution is 6.30. The van der Waals surface area contributed by atoms with E-state index in [0.717, 1.165) is 12.1 Å². The lowest BCUT2D eigenvalue weighted by Crippen LogP contribution is -2.46. The van der Waals surface area contributed by atoms with Crippen LogP contribution in [0.25, 0.3) is 0 Å². The van der Waals surface area contributed by atoms with Crippen molar-refractivity contribution in [2.45, 2.75) is 39.3 Å². The van der Waals surface area contributed by atoms with Crippen molar-refractivity contribution in [1.82, 2.24) is 5.32 Å². The third kappa shape index (κ3) is 4.81. The fourth-order valence-electron chi connectivity index (χ4n) is 1.40. The van der Waals surface area contributed by atoms with Crippen LogP contribution in [0.5, 0.6) is 0 Å². The minimum absolute atomic E-state index is 0.213. The zero-order valence-corrected chi connectivity index (χ0v) is 12.5. The summed E-state index contributed by atoms with van der Waals surface area (Å²) >= 11 is 5.69. The Hall–Kier alpha value is -1.62. The second kappa shape index (κ2) is 6.22. The van der Waals surface area contributed by atoms with Gasteiger partial charge in [-0.25, -0.2) is 9.18 Å². The first-order chi connectivity index (χ1) is 9.10. The Morgan fingerprint density at radius 3 is 2.50 bits per heavy atom. The van der Waals surface area contributed by atoms with Gasteiger partial charge in [0.05, 0.1) is 5.56 Å². The van der Waals surface area contributed by atoms with Gasteiger partial charge < -0.3 is 10.1 Å². The Morgan fingerprint density at radius 2 is 1.95 bits per heavy atom. The Balaban J connectivity index is 2.75. The van der Waals surface area contributed by atoms with Crippen molar-refractivity contribution in [3.05, 3.63) is 34.6 Å². The molecule has 0 fully saturated rings. The van der Waals surface area contributed by atoms with Crippen LogP contribution in [0, 0.1) is 5.82 Å². The molecule has 1 N–H and O–H groups in total. The largest absolute Gasteiger partial charge is 0.449 e. The first-order valence-electron chi connectivity index (χ1n) is 6.08. The van der Waals surface area contributed by atoms with Crippen LogP contribution < -0.4 is 5.32 Å². The van der Waals surface area contributed by atoms with Crippen molar-refractivity contribution in [2.24, 2.45) is 0 Å². The van der Waals surface area contributed by atoms with E-state index in [9.17, 15) is 14.0 Å². The number of benzene rings is 1. The van der Waals surface area contributed by atoms with Crippen molar-refractivity contribution in [1.29, 1.82) is 0 Å². The molecule has 6 heteroatoms. The zero-order valence-electron chi connectivity index (χ0n) is 11.8. The predicted octanol–water partition coefficient (Wildman–Crippen LogP) is 2.94. The zero-order chi connectivity index (χ0) is 15.5. The van der Waals surface area contributed by atoms with Gasteiger partial charge in [0.15, 0.2) is 6.10 Å². The van der Waals surface area contributed by atoms with Crippen molar-refractivity contribution in [2.75, 3.05) is 0 Å². The topological polar surface area (TPSA) is 55.4 Å². The Kier molecular flexibility index (Phi) is 5.11. The summed E-state index contributed by atoms with van der Waals surface area (Å²) in [6, 6.07) is 3.55. The van der Waals surface area contributed by atoms with Gasteiger partial charge in [-0.3, -0.25) is 4.79 Å². The highest BCUT2D eigenvalue weighted by Gasteiger charge is 2.24. The highest BCUT2D eigenvalue weighted by atomic mass is 35.5. The second-order valence-electron chi connectivity index (χ2n) is 5.41. The third-order valence-corrected chi connectivity index (χ3v) is 2.53. The normalized spacial score (nSPS) is 12.7. The molecular weight excluding hydrogens is 285 g/mol. The van der Waals surface area contributed by atoms with Gasteiger partial charge in [-0.1, -0.05) is 11.6 Å². The number of hydrogen-bond acceptors (Lipinski definition) is 3. The lowest BCUT2D eigenvalue weighted by Gasteiger charge is -2.23. The van der Waals surface area contributed by atoms with Gasteiger partial charge >= 0.3 is 5.97 Å². The molecule has 1 amide bonds. The van der Waals surface area contributed by atoms with E-state index in [0.29, 0.717) is 0 Å². The SMILES string of the molecule is CC(OC(=O)c1cc(Cl)ccc1F)C(=O)NC(C)(C)C. The van der Waals surface area contributed by atoms with Crippen LogP contribution in [0.15, 0.2) is 18.2 Å². The first-order valence-corrected chi connectivity index (χ1v) is 6.46. The number of halogens is 2. The van der Waals surface area contributed by atoms with Crippen LogP contribution in [0.1, 0.15) is 38.1 Å². The highest BCUT2D eigenvalue weighted by Crippen LogP contribution is 2.16. The molecular formula is C14H17ClFNO3. The van der Waals surface area contributed by atoms with E-state index in [-0.39, 0.29) is 10.6 Å². The molecule has 0 bridgehead atoms. The number of nitrogens with one attached hydrogen (secondary N) is 1. The lowest BCUT2D eigenvalue weighted by molar-refractivity contribution is -0.130. The van der Waals surface area contributed by atoms with E-state index < -0.39 is 29.3 Å². The van der Waals surface area contributed by atoms with Crippen LogP contribution in [-0.4, -0.2) is 23.5 Å².